The number of hydrogen-bond acceptors (Lipinski definition) is 2. The van der Waals surface area contributed by atoms with Gasteiger partial charge in [-0.05, 0) is 6.42 Å². The van der Waals surface area contributed by atoms with Gasteiger partial charge in [-0.2, -0.15) is 0 Å². The maximum Gasteiger partial charge on any atom is 0.330 e. The summed E-state index contributed by atoms with van der Waals surface area (Å²) >= 11 is 0. The Morgan fingerprint density at radius 1 is 0.720 bits per heavy atom. The van der Waals surface area contributed by atoms with Gasteiger partial charge in [0.25, 0.3) is 0 Å². The van der Waals surface area contributed by atoms with Gasteiger partial charge in [-0.15, -0.1) is 0 Å². The predicted molar refractivity (Wildman–Crippen MR) is 113 cm³/mol. The summed E-state index contributed by atoms with van der Waals surface area (Å²) in [7, 11) is 0. The summed E-state index contributed by atoms with van der Waals surface area (Å²) in [5.41, 5.74) is 0. The van der Waals surface area contributed by atoms with Crippen LogP contribution in [0.25, 0.3) is 0 Å². The molecule has 0 aromatic carbocycles. The molecule has 0 aliphatic carbocycles. The quantitative estimate of drug-likeness (QED) is 0.144. The van der Waals surface area contributed by atoms with Gasteiger partial charge in [0.2, 0.25) is 0 Å². The highest BCUT2D eigenvalue weighted by Crippen LogP contribution is 2.13. The fourth-order valence-electron chi connectivity index (χ4n) is 2.88. The fourth-order valence-corrected chi connectivity index (χ4v) is 2.88. The van der Waals surface area contributed by atoms with Crippen molar-refractivity contribution in [3.05, 3.63) is 12.7 Å². The van der Waals surface area contributed by atoms with Crippen LogP contribution in [0.4, 0.5) is 0 Å². The lowest BCUT2D eigenvalue weighted by Gasteiger charge is -2.04. The highest BCUT2D eigenvalue weighted by molar-refractivity contribution is 5.81. The molecule has 0 aromatic heterocycles. The van der Waals surface area contributed by atoms with E-state index in [9.17, 15) is 4.79 Å². The summed E-state index contributed by atoms with van der Waals surface area (Å²) < 4.78 is 4.95. The third-order valence-electron chi connectivity index (χ3n) is 4.41. The Morgan fingerprint density at radius 3 is 1.36 bits per heavy atom. The van der Waals surface area contributed by atoms with Gasteiger partial charge in [0.05, 0.1) is 6.61 Å². The number of hydrogen-bond donors (Lipinski definition) is 0. The average Bonchev–Trinajstić information content (AvgIpc) is 2.57. The van der Waals surface area contributed by atoms with Crippen LogP contribution in [0.2, 0.25) is 0 Å². The first-order valence-corrected chi connectivity index (χ1v) is 10.1. The van der Waals surface area contributed by atoms with E-state index < -0.39 is 0 Å². The first-order valence-electron chi connectivity index (χ1n) is 10.1. The van der Waals surface area contributed by atoms with E-state index in [1.807, 2.05) is 0 Å². The maximum atomic E-state index is 10.8. The molecule has 0 unspecified atom stereocenters. The largest absolute Gasteiger partial charge is 0.463 e. The first kappa shape index (κ1) is 29.7. The van der Waals surface area contributed by atoms with E-state index >= 15 is 0 Å². The summed E-state index contributed by atoms with van der Waals surface area (Å²) in [6.07, 6.45) is 23.0. The molecule has 148 valence electrons. The SMILES string of the molecule is C=CC(=O)OCCCCCCCCCCCCCCCCCC.O.[MgH2]. The van der Waals surface area contributed by atoms with E-state index in [1.54, 1.807) is 0 Å². The van der Waals surface area contributed by atoms with Crippen molar-refractivity contribution in [1.29, 1.82) is 0 Å². The molecule has 0 aliphatic heterocycles. The summed E-state index contributed by atoms with van der Waals surface area (Å²) in [5, 5.41) is 0. The van der Waals surface area contributed by atoms with Crippen LogP contribution >= 0.6 is 0 Å². The van der Waals surface area contributed by atoms with E-state index in [2.05, 4.69) is 13.5 Å². The second-order valence-electron chi connectivity index (χ2n) is 6.67. The summed E-state index contributed by atoms with van der Waals surface area (Å²) in [4.78, 5) is 10.8. The van der Waals surface area contributed by atoms with Crippen LogP contribution in [0, 0.1) is 0 Å². The predicted octanol–water partition coefficient (Wildman–Crippen LogP) is 5.24. The summed E-state index contributed by atoms with van der Waals surface area (Å²) in [6.45, 7) is 6.20. The van der Waals surface area contributed by atoms with E-state index in [0.29, 0.717) is 6.61 Å². The Balaban J connectivity index is -0.00000242. The van der Waals surface area contributed by atoms with Crippen LogP contribution in [0.1, 0.15) is 110 Å². The molecule has 0 spiro atoms. The zero-order valence-corrected chi connectivity index (χ0v) is 16.1. The minimum absolute atomic E-state index is 0. The number of ether oxygens (including phenoxy) is 1. The first-order chi connectivity index (χ1) is 11.3. The molecule has 4 heteroatoms. The molecule has 0 rings (SSSR count). The van der Waals surface area contributed by atoms with Crippen LogP contribution in [0.15, 0.2) is 12.7 Å². The second kappa shape index (κ2) is 26.2. The lowest BCUT2D eigenvalue weighted by atomic mass is 10.0. The second-order valence-corrected chi connectivity index (χ2v) is 6.67. The molecular weight excluding hydrogens is 325 g/mol. The molecule has 0 heterocycles. The van der Waals surface area contributed by atoms with Gasteiger partial charge in [-0.1, -0.05) is 110 Å². The summed E-state index contributed by atoms with van der Waals surface area (Å²) in [6, 6.07) is 0. The number of carbonyl (C=O) groups is 1. The van der Waals surface area contributed by atoms with Crippen LogP contribution in [-0.4, -0.2) is 41.1 Å². The smallest absolute Gasteiger partial charge is 0.330 e. The zero-order valence-electron chi connectivity index (χ0n) is 16.1. The number of rotatable bonds is 18. The molecule has 0 saturated carbocycles. The minimum Gasteiger partial charge on any atom is -0.463 e. The van der Waals surface area contributed by atoms with Gasteiger partial charge in [-0.3, -0.25) is 0 Å². The molecule has 0 amide bonds. The van der Waals surface area contributed by atoms with E-state index in [4.69, 9.17) is 4.74 Å². The molecule has 0 saturated heterocycles. The zero-order chi connectivity index (χ0) is 17.0. The van der Waals surface area contributed by atoms with Crippen molar-refractivity contribution in [2.75, 3.05) is 6.61 Å². The van der Waals surface area contributed by atoms with Crippen molar-refractivity contribution in [2.45, 2.75) is 110 Å². The molecule has 0 aromatic rings. The number of esters is 1. The Labute approximate surface area is 172 Å². The minimum atomic E-state index is -0.300. The van der Waals surface area contributed by atoms with E-state index in [-0.39, 0.29) is 34.5 Å². The van der Waals surface area contributed by atoms with Crippen LogP contribution in [0.5, 0.6) is 0 Å². The van der Waals surface area contributed by atoms with E-state index in [0.717, 1.165) is 6.42 Å². The Hall–Kier alpha value is -0.0638. The third-order valence-corrected chi connectivity index (χ3v) is 4.41. The number of unbranched alkanes of at least 4 members (excludes halogenated alkanes) is 15. The van der Waals surface area contributed by atoms with E-state index in [1.165, 1.54) is 102 Å². The Bertz CT molecular complexity index is 270. The highest BCUT2D eigenvalue weighted by Gasteiger charge is 1.96. The van der Waals surface area contributed by atoms with Gasteiger partial charge < -0.3 is 10.2 Å². The highest BCUT2D eigenvalue weighted by atomic mass is 24.3. The van der Waals surface area contributed by atoms with Gasteiger partial charge >= 0.3 is 29.0 Å². The molecule has 0 fully saturated rings. The van der Waals surface area contributed by atoms with Crippen LogP contribution in [-0.2, 0) is 9.53 Å². The monoisotopic (exact) mass is 368 g/mol. The number of carbonyl (C=O) groups excluding carboxylic acids is 1. The third kappa shape index (κ3) is 26.3. The molecule has 0 aliphatic rings. The van der Waals surface area contributed by atoms with Gasteiger partial charge in [0.1, 0.15) is 0 Å². The lowest BCUT2D eigenvalue weighted by molar-refractivity contribution is -0.137. The average molecular weight is 369 g/mol. The van der Waals surface area contributed by atoms with Crippen molar-refractivity contribution >= 4 is 29.0 Å². The fraction of sp³-hybridized carbons (Fsp3) is 0.857. The van der Waals surface area contributed by atoms with Crippen molar-refractivity contribution in [1.82, 2.24) is 0 Å². The summed E-state index contributed by atoms with van der Waals surface area (Å²) in [5.74, 6) is -0.300. The van der Waals surface area contributed by atoms with Crippen LogP contribution < -0.4 is 0 Å². The van der Waals surface area contributed by atoms with Crippen molar-refractivity contribution < 1.29 is 15.0 Å². The van der Waals surface area contributed by atoms with Crippen molar-refractivity contribution in [2.24, 2.45) is 0 Å². The molecule has 0 bridgehead atoms. The van der Waals surface area contributed by atoms with Crippen molar-refractivity contribution in [3.8, 4) is 0 Å². The van der Waals surface area contributed by atoms with Gasteiger partial charge in [-0.25, -0.2) is 4.79 Å². The standard InChI is InChI=1S/C21H40O2.Mg.H2O.2H/c1-3-5-6-7-8-9-10-11-12-13-14-15-16-17-18-19-20-23-21(22)4-2;;;;/h4H,2-3,5-20H2,1H3;;1H2;;. The topological polar surface area (TPSA) is 57.8 Å². The Morgan fingerprint density at radius 2 is 1.04 bits per heavy atom. The van der Waals surface area contributed by atoms with Crippen molar-refractivity contribution in [3.63, 3.8) is 0 Å². The van der Waals surface area contributed by atoms with Gasteiger partial charge in [0, 0.05) is 6.08 Å². The molecule has 25 heavy (non-hydrogen) atoms. The molecule has 2 N–H and O–H groups in total. The maximum absolute atomic E-state index is 10.8. The molecule has 0 atom stereocenters. The lowest BCUT2D eigenvalue weighted by Crippen LogP contribution is -2.01. The molecular formula is C21H44MgO3. The normalized spacial score (nSPS) is 9.80. The van der Waals surface area contributed by atoms with Gasteiger partial charge in [0.15, 0.2) is 0 Å². The van der Waals surface area contributed by atoms with Crippen LogP contribution in [0.3, 0.4) is 0 Å². The molecule has 3 nitrogen and oxygen atoms in total. The Kier molecular flexibility index (Phi) is 31.1. The molecule has 0 radical (unpaired) electrons.